The van der Waals surface area contributed by atoms with E-state index in [1.807, 2.05) is 18.2 Å². The fourth-order valence-electron chi connectivity index (χ4n) is 12.5. The second kappa shape index (κ2) is 23.3. The third-order valence-electron chi connectivity index (χ3n) is 17.1. The minimum atomic E-state index is -0.419. The molecule has 0 amide bonds. The Hall–Kier alpha value is -11.2. The van der Waals surface area contributed by atoms with Gasteiger partial charge in [-0.2, -0.15) is 0 Å². The molecule has 14 aromatic rings. The molecule has 0 atom stereocenters. The van der Waals surface area contributed by atoms with E-state index in [4.69, 9.17) is 23.7 Å². The molecule has 6 nitrogen and oxygen atoms in total. The maximum absolute atomic E-state index is 14.0. The highest BCUT2D eigenvalue weighted by Crippen LogP contribution is 2.48. The Morgan fingerprint density at radius 2 is 0.568 bits per heavy atom. The highest BCUT2D eigenvalue weighted by atomic mass is 16.5. The Bertz CT molecular complexity index is 4650. The molecule has 0 aliphatic carbocycles. The van der Waals surface area contributed by atoms with E-state index in [1.54, 1.807) is 0 Å². The molecule has 0 fully saturated rings. The van der Waals surface area contributed by atoms with Gasteiger partial charge in [0.25, 0.3) is 0 Å². The highest BCUT2D eigenvalue weighted by molar-refractivity contribution is 6.11. The van der Waals surface area contributed by atoms with Crippen LogP contribution in [0.3, 0.4) is 0 Å². The predicted octanol–water partition coefficient (Wildman–Crippen LogP) is 20.7. The molecule has 14 aromatic carbocycles. The number of benzene rings is 14. The molecule has 7 heterocycles. The van der Waals surface area contributed by atoms with Gasteiger partial charge in [-0.25, -0.2) is 4.79 Å². The summed E-state index contributed by atoms with van der Waals surface area (Å²) in [6.45, 7) is 1.33. The lowest BCUT2D eigenvalue weighted by atomic mass is 9.91. The first-order chi connectivity index (χ1) is 43.5. The number of carbonyl (C=O) groups is 1. The molecule has 0 N–H and O–H groups in total. The van der Waals surface area contributed by atoms with Gasteiger partial charge in [0.1, 0.15) is 49.4 Å². The molecule has 21 rings (SSSR count). The smallest absolute Gasteiger partial charge is 0.339 e. The van der Waals surface area contributed by atoms with Crippen LogP contribution in [0.5, 0.6) is 23.0 Å². The molecular formula is C82H58O6. The van der Waals surface area contributed by atoms with E-state index in [0.717, 1.165) is 155 Å². The number of esters is 1. The molecule has 0 unspecified atom stereocenters. The molecule has 6 heteroatoms. The monoisotopic (exact) mass is 1140 g/mol. The number of fused-ring (bicyclic) bond motifs is 4. The topological polar surface area (TPSA) is 63.2 Å². The molecule has 88 heavy (non-hydrogen) atoms. The van der Waals surface area contributed by atoms with Gasteiger partial charge >= 0.3 is 5.97 Å². The number of methoxy groups -OCH3 is 1. The second-order valence-corrected chi connectivity index (χ2v) is 22.4. The van der Waals surface area contributed by atoms with Crippen molar-refractivity contribution >= 4 is 49.1 Å². The number of hydrogen-bond acceptors (Lipinski definition) is 6. The van der Waals surface area contributed by atoms with Crippen LogP contribution in [0.2, 0.25) is 0 Å². The Kier molecular flexibility index (Phi) is 14.2. The summed E-state index contributed by atoms with van der Waals surface area (Å²) < 4.78 is 33.2. The SMILES string of the molecule is COC(=O)c1c2cccc1-c1ccc(cc1)COc1ccc3ccccc3c1-c1c(ccc3ccccc13)OCc1ccc(cc1)-c1cccc(c1)-c1ccc(cc1)COc1ccc3ccccc3c1-c1c(ccc3ccccc13)OCc1ccc-2cc1. The lowest BCUT2D eigenvalue weighted by Crippen LogP contribution is -2.06. The van der Waals surface area contributed by atoms with Gasteiger partial charge in [0, 0.05) is 22.3 Å². The summed E-state index contributed by atoms with van der Waals surface area (Å²) in [4.78, 5) is 14.0. The Labute approximate surface area is 511 Å². The first-order valence-electron chi connectivity index (χ1n) is 29.8. The van der Waals surface area contributed by atoms with E-state index in [2.05, 4.69) is 267 Å². The minimum Gasteiger partial charge on any atom is -0.488 e. The van der Waals surface area contributed by atoms with Gasteiger partial charge < -0.3 is 23.7 Å². The van der Waals surface area contributed by atoms with E-state index >= 15 is 0 Å². The van der Waals surface area contributed by atoms with Crippen LogP contribution in [0.25, 0.3) is 110 Å². The van der Waals surface area contributed by atoms with Crippen molar-refractivity contribution in [3.8, 4) is 89.8 Å². The van der Waals surface area contributed by atoms with Crippen LogP contribution in [-0.2, 0) is 31.2 Å². The summed E-state index contributed by atoms with van der Waals surface area (Å²) in [5, 5.41) is 8.65. The fourth-order valence-corrected chi connectivity index (χ4v) is 12.5. The number of rotatable bonds is 1. The maximum Gasteiger partial charge on any atom is 0.339 e. The van der Waals surface area contributed by atoms with E-state index in [0.29, 0.717) is 32.0 Å². The number of carbonyl (C=O) groups excluding carboxylic acids is 1. The summed E-state index contributed by atoms with van der Waals surface area (Å²) in [5.41, 5.74) is 16.2. The zero-order valence-corrected chi connectivity index (χ0v) is 48.4. The van der Waals surface area contributed by atoms with Crippen molar-refractivity contribution in [2.24, 2.45) is 0 Å². The van der Waals surface area contributed by atoms with Crippen LogP contribution in [0.4, 0.5) is 0 Å². The third-order valence-corrected chi connectivity index (χ3v) is 17.1. The van der Waals surface area contributed by atoms with Crippen molar-refractivity contribution in [3.63, 3.8) is 0 Å². The van der Waals surface area contributed by atoms with Crippen molar-refractivity contribution in [1.82, 2.24) is 0 Å². The zero-order chi connectivity index (χ0) is 58.9. The minimum absolute atomic E-state index is 0.300. The number of hydrogen-bond donors (Lipinski definition) is 0. The largest absolute Gasteiger partial charge is 0.488 e. The predicted molar refractivity (Wildman–Crippen MR) is 357 cm³/mol. The summed E-state index contributed by atoms with van der Waals surface area (Å²) in [7, 11) is 1.43. The summed E-state index contributed by atoms with van der Waals surface area (Å²) in [6.07, 6.45) is 0. The van der Waals surface area contributed by atoms with Gasteiger partial charge in [-0.1, -0.05) is 255 Å². The summed E-state index contributed by atoms with van der Waals surface area (Å²) in [6, 6.07) is 99.1. The first kappa shape index (κ1) is 53.5. The molecule has 0 radical (unpaired) electrons. The van der Waals surface area contributed by atoms with Gasteiger partial charge in [0.15, 0.2) is 0 Å². The van der Waals surface area contributed by atoms with Crippen LogP contribution in [0.1, 0.15) is 32.6 Å². The van der Waals surface area contributed by atoms with Gasteiger partial charge in [0.2, 0.25) is 0 Å². The van der Waals surface area contributed by atoms with E-state index in [-0.39, 0.29) is 0 Å². The van der Waals surface area contributed by atoms with Crippen LogP contribution >= 0.6 is 0 Å². The molecule has 0 saturated heterocycles. The third kappa shape index (κ3) is 10.3. The maximum atomic E-state index is 14.0. The molecule has 0 aromatic heterocycles. The van der Waals surface area contributed by atoms with Gasteiger partial charge in [-0.15, -0.1) is 0 Å². The first-order valence-corrected chi connectivity index (χ1v) is 29.8. The normalized spacial score (nSPS) is 12.4. The zero-order valence-electron chi connectivity index (χ0n) is 48.4. The molecular weight excluding hydrogens is 1080 g/mol. The quantitative estimate of drug-likeness (QED) is 0.153. The van der Waals surface area contributed by atoms with Crippen LogP contribution < -0.4 is 18.9 Å². The van der Waals surface area contributed by atoms with Gasteiger partial charge in [0.05, 0.1) is 12.7 Å². The van der Waals surface area contributed by atoms with Crippen molar-refractivity contribution in [2.75, 3.05) is 7.11 Å². The average molecular weight is 1140 g/mol. The van der Waals surface area contributed by atoms with Gasteiger partial charge in [-0.05, 0) is 140 Å². The van der Waals surface area contributed by atoms with E-state index in [1.165, 1.54) is 7.11 Å². The molecule has 0 spiro atoms. The Morgan fingerprint density at radius 3 is 0.875 bits per heavy atom. The van der Waals surface area contributed by atoms with Crippen LogP contribution in [-0.4, -0.2) is 13.1 Å². The summed E-state index contributed by atoms with van der Waals surface area (Å²) in [5.74, 6) is 2.59. The van der Waals surface area contributed by atoms with E-state index < -0.39 is 5.97 Å². The molecule has 12 bridgehead atoms. The lowest BCUT2D eigenvalue weighted by Gasteiger charge is -2.20. The second-order valence-electron chi connectivity index (χ2n) is 22.4. The molecule has 0 saturated carbocycles. The molecule has 422 valence electrons. The average Bonchev–Trinajstić information content (AvgIpc) is 2.18. The van der Waals surface area contributed by atoms with Gasteiger partial charge in [-0.3, -0.25) is 0 Å². The van der Waals surface area contributed by atoms with Crippen molar-refractivity contribution in [1.29, 1.82) is 0 Å². The fraction of sp³-hybridized carbons (Fsp3) is 0.0610. The lowest BCUT2D eigenvalue weighted by molar-refractivity contribution is 0.0602. The molecule has 7 aliphatic rings. The Morgan fingerprint density at radius 1 is 0.284 bits per heavy atom. The van der Waals surface area contributed by atoms with Crippen molar-refractivity contribution < 1.29 is 28.5 Å². The number of ether oxygens (including phenoxy) is 5. The summed E-state index contributed by atoms with van der Waals surface area (Å²) >= 11 is 0. The standard InChI is InChI=1S/C82H58O6/c1-84-82(83)77-67-22-11-23-68(77)64-38-30-56(31-39-64)52-88-76-47-43-62-15-5-9-21-72(62)81(76)79-70-19-7-3-13-60(70)41-45-74(79)86-50-54-26-34-58(35-27-54)66-17-10-16-65(48-66)57-32-24-53(25-33-57)49-85-73-44-40-59-12-2-6-18-69(59)78(73)80-71-20-8-4-14-61(71)42-46-75(80)87-51-55-28-36-63(67)37-29-55/h2-48H,49-52H2,1H3. The van der Waals surface area contributed by atoms with Crippen molar-refractivity contribution in [2.45, 2.75) is 26.4 Å². The van der Waals surface area contributed by atoms with E-state index in [9.17, 15) is 4.79 Å². The van der Waals surface area contributed by atoms with Crippen molar-refractivity contribution in [3.05, 3.63) is 313 Å². The Balaban J connectivity index is 0.822. The van der Waals surface area contributed by atoms with Crippen LogP contribution in [0, 0.1) is 0 Å². The molecule has 7 aliphatic heterocycles. The highest BCUT2D eigenvalue weighted by Gasteiger charge is 2.24. The van der Waals surface area contributed by atoms with Crippen LogP contribution in [0.15, 0.2) is 285 Å².